The maximum atomic E-state index is 12.4. The summed E-state index contributed by atoms with van der Waals surface area (Å²) < 4.78 is 32.6. The summed E-state index contributed by atoms with van der Waals surface area (Å²) in [4.78, 5) is 38.9. The molecule has 2 rings (SSSR count). The van der Waals surface area contributed by atoms with Crippen molar-refractivity contribution < 1.29 is 36.7 Å². The zero-order valence-electron chi connectivity index (χ0n) is 15.2. The van der Waals surface area contributed by atoms with Crippen LogP contribution in [0.25, 0.3) is 0 Å². The summed E-state index contributed by atoms with van der Waals surface area (Å²) in [5.41, 5.74) is 5.33. The van der Waals surface area contributed by atoms with Crippen LogP contribution in [0.15, 0.2) is 29.4 Å². The monoisotopic (exact) mass is 430 g/mol. The molecule has 1 atom stereocenters. The van der Waals surface area contributed by atoms with Gasteiger partial charge in [0.1, 0.15) is 12.7 Å². The maximum absolute atomic E-state index is 12.4. The summed E-state index contributed by atoms with van der Waals surface area (Å²) in [5, 5.41) is 14.3. The van der Waals surface area contributed by atoms with Gasteiger partial charge in [-0.3, -0.25) is 24.0 Å². The van der Waals surface area contributed by atoms with E-state index in [-0.39, 0.29) is 31.1 Å². The first-order valence-electron chi connectivity index (χ1n) is 8.08. The van der Waals surface area contributed by atoms with Gasteiger partial charge in [-0.2, -0.15) is 8.42 Å². The lowest BCUT2D eigenvalue weighted by Crippen LogP contribution is -2.34. The molecule has 1 heterocycles. The number of likely N-dealkylation sites (tertiary alicyclic amines) is 1. The number of rotatable bonds is 8. The summed E-state index contributed by atoms with van der Waals surface area (Å²) in [7, 11) is -3.78. The van der Waals surface area contributed by atoms with Gasteiger partial charge in [-0.25, -0.2) is 4.79 Å². The molecule has 1 aromatic carbocycles. The third-order valence-electron chi connectivity index (χ3n) is 3.53. The third-order valence-corrected chi connectivity index (χ3v) is 4.15. The molecule has 1 fully saturated rings. The SMILES string of the molecule is CS(=O)(=O)O[C@@H]1C/C(=N\OCC(N)=O)N(C(=O)OCc2ccc([N+](=O)[O-])cc2)C1. The zero-order valence-corrected chi connectivity index (χ0v) is 16.0. The van der Waals surface area contributed by atoms with Crippen molar-refractivity contribution in [1.82, 2.24) is 4.90 Å². The third kappa shape index (κ3) is 7.00. The van der Waals surface area contributed by atoms with Crippen molar-refractivity contribution in [3.63, 3.8) is 0 Å². The van der Waals surface area contributed by atoms with E-state index in [0.29, 0.717) is 5.56 Å². The zero-order chi connectivity index (χ0) is 21.6. The first-order chi connectivity index (χ1) is 13.5. The number of nitro groups is 1. The smallest absolute Gasteiger partial charge is 0.415 e. The molecule has 0 saturated carbocycles. The number of carbonyl (C=O) groups excluding carboxylic acids is 2. The lowest BCUT2D eigenvalue weighted by Gasteiger charge is -2.16. The van der Waals surface area contributed by atoms with Crippen LogP contribution in [-0.4, -0.2) is 61.6 Å². The Morgan fingerprint density at radius 3 is 2.55 bits per heavy atom. The Kier molecular flexibility index (Phi) is 7.06. The van der Waals surface area contributed by atoms with Crippen LogP contribution in [0.5, 0.6) is 0 Å². The minimum Gasteiger partial charge on any atom is -0.444 e. The standard InChI is InChI=1S/C15H18N4O9S/c1-29(24,25)28-12-6-14(17-27-9-13(16)20)18(7-12)15(21)26-8-10-2-4-11(5-3-10)19(22)23/h2-5,12H,6-9H2,1H3,(H2,16,20)/b17-14+/t12-/m1/s1. The van der Waals surface area contributed by atoms with E-state index in [1.54, 1.807) is 0 Å². The molecular weight excluding hydrogens is 412 g/mol. The first kappa shape index (κ1) is 22.0. The number of nitrogens with two attached hydrogens (primary N) is 1. The summed E-state index contributed by atoms with van der Waals surface area (Å²) in [5.74, 6) is -0.794. The molecule has 2 amide bonds. The maximum Gasteiger partial charge on any atom is 0.415 e. The second-order valence-electron chi connectivity index (χ2n) is 5.96. The Morgan fingerprint density at radius 2 is 2.00 bits per heavy atom. The molecule has 1 saturated heterocycles. The van der Waals surface area contributed by atoms with E-state index in [4.69, 9.17) is 19.5 Å². The van der Waals surface area contributed by atoms with Crippen molar-refractivity contribution in [3.8, 4) is 0 Å². The average molecular weight is 430 g/mol. The highest BCUT2D eigenvalue weighted by molar-refractivity contribution is 7.86. The highest BCUT2D eigenvalue weighted by Gasteiger charge is 2.36. The highest BCUT2D eigenvalue weighted by Crippen LogP contribution is 2.20. The number of ether oxygens (including phenoxy) is 1. The molecule has 2 N–H and O–H groups in total. The van der Waals surface area contributed by atoms with Gasteiger partial charge in [0, 0.05) is 18.6 Å². The Morgan fingerprint density at radius 1 is 1.34 bits per heavy atom. The van der Waals surface area contributed by atoms with Crippen LogP contribution in [0.3, 0.4) is 0 Å². The molecule has 0 unspecified atom stereocenters. The predicted octanol–water partition coefficient (Wildman–Crippen LogP) is 0.0973. The molecule has 1 aliphatic heterocycles. The molecular formula is C15H18N4O9S. The molecule has 158 valence electrons. The second kappa shape index (κ2) is 9.29. The lowest BCUT2D eigenvalue weighted by molar-refractivity contribution is -0.384. The first-order valence-corrected chi connectivity index (χ1v) is 9.90. The number of nitrogens with zero attached hydrogens (tertiary/aromatic N) is 3. The van der Waals surface area contributed by atoms with Crippen molar-refractivity contribution >= 4 is 33.6 Å². The van der Waals surface area contributed by atoms with Gasteiger partial charge in [0.05, 0.1) is 17.7 Å². The number of amidine groups is 1. The van der Waals surface area contributed by atoms with Crippen LogP contribution in [0, 0.1) is 10.1 Å². The van der Waals surface area contributed by atoms with Gasteiger partial charge < -0.3 is 15.3 Å². The van der Waals surface area contributed by atoms with Crippen LogP contribution in [0.4, 0.5) is 10.5 Å². The summed E-state index contributed by atoms with van der Waals surface area (Å²) in [6.07, 6.45) is -1.00. The lowest BCUT2D eigenvalue weighted by atomic mass is 10.2. The topological polar surface area (TPSA) is 181 Å². The predicted molar refractivity (Wildman–Crippen MR) is 96.9 cm³/mol. The van der Waals surface area contributed by atoms with E-state index in [1.165, 1.54) is 24.3 Å². The van der Waals surface area contributed by atoms with Gasteiger partial charge in [0.25, 0.3) is 21.7 Å². The minimum atomic E-state index is -3.78. The fourth-order valence-corrected chi connectivity index (χ4v) is 3.00. The number of amides is 2. The minimum absolute atomic E-state index is 0.00593. The molecule has 13 nitrogen and oxygen atoms in total. The average Bonchev–Trinajstić information content (AvgIpc) is 3.00. The molecule has 0 spiro atoms. The fraction of sp³-hybridized carbons (Fsp3) is 0.400. The van der Waals surface area contributed by atoms with E-state index in [9.17, 15) is 28.1 Å². The molecule has 1 aliphatic rings. The van der Waals surface area contributed by atoms with Crippen molar-refractivity contribution in [2.75, 3.05) is 19.4 Å². The van der Waals surface area contributed by atoms with E-state index in [0.717, 1.165) is 11.2 Å². The van der Waals surface area contributed by atoms with Gasteiger partial charge in [-0.1, -0.05) is 5.16 Å². The Bertz CT molecular complexity index is 914. The second-order valence-corrected chi connectivity index (χ2v) is 7.56. The van der Waals surface area contributed by atoms with Gasteiger partial charge in [-0.15, -0.1) is 0 Å². The molecule has 0 aromatic heterocycles. The summed E-state index contributed by atoms with van der Waals surface area (Å²) in [6, 6.07) is 5.38. The Balaban J connectivity index is 2.04. The summed E-state index contributed by atoms with van der Waals surface area (Å²) in [6.45, 7) is -0.905. The van der Waals surface area contributed by atoms with Gasteiger partial charge in [-0.05, 0) is 17.7 Å². The van der Waals surface area contributed by atoms with Crippen molar-refractivity contribution in [2.24, 2.45) is 10.9 Å². The van der Waals surface area contributed by atoms with Crippen LogP contribution >= 0.6 is 0 Å². The van der Waals surface area contributed by atoms with E-state index < -0.39 is 39.8 Å². The van der Waals surface area contributed by atoms with Gasteiger partial charge in [0.2, 0.25) is 0 Å². The summed E-state index contributed by atoms with van der Waals surface area (Å²) >= 11 is 0. The van der Waals surface area contributed by atoms with E-state index in [2.05, 4.69) is 5.16 Å². The quantitative estimate of drug-likeness (QED) is 0.340. The normalized spacial score (nSPS) is 17.9. The van der Waals surface area contributed by atoms with Crippen LogP contribution in [0.1, 0.15) is 12.0 Å². The number of non-ortho nitro benzene ring substituents is 1. The van der Waals surface area contributed by atoms with Gasteiger partial charge >= 0.3 is 6.09 Å². The largest absolute Gasteiger partial charge is 0.444 e. The number of primary amides is 1. The molecule has 29 heavy (non-hydrogen) atoms. The van der Waals surface area contributed by atoms with Crippen LogP contribution in [-0.2, 0) is 35.3 Å². The van der Waals surface area contributed by atoms with Crippen LogP contribution in [0.2, 0.25) is 0 Å². The van der Waals surface area contributed by atoms with Crippen molar-refractivity contribution in [2.45, 2.75) is 19.1 Å². The number of benzene rings is 1. The molecule has 0 bridgehead atoms. The number of oxime groups is 1. The molecule has 1 aromatic rings. The number of hydrogen-bond acceptors (Lipinski definition) is 10. The molecule has 0 radical (unpaired) electrons. The van der Waals surface area contributed by atoms with Crippen molar-refractivity contribution in [1.29, 1.82) is 0 Å². The molecule has 14 heteroatoms. The number of hydrogen-bond donors (Lipinski definition) is 1. The Labute approximate surface area is 165 Å². The van der Waals surface area contributed by atoms with Gasteiger partial charge in [0.15, 0.2) is 12.4 Å². The fourth-order valence-electron chi connectivity index (χ4n) is 2.37. The number of nitro benzene ring substituents is 1. The highest BCUT2D eigenvalue weighted by atomic mass is 32.2. The Hall–Kier alpha value is -3.26. The van der Waals surface area contributed by atoms with Crippen LogP contribution < -0.4 is 5.73 Å². The van der Waals surface area contributed by atoms with E-state index >= 15 is 0 Å². The van der Waals surface area contributed by atoms with E-state index in [1.807, 2.05) is 0 Å². The molecule has 0 aliphatic carbocycles. The van der Waals surface area contributed by atoms with Crippen molar-refractivity contribution in [3.05, 3.63) is 39.9 Å². The number of carbonyl (C=O) groups is 2.